The Labute approximate surface area is 377 Å². The van der Waals surface area contributed by atoms with Gasteiger partial charge in [-0.1, -0.05) is 110 Å². The highest BCUT2D eigenvalue weighted by molar-refractivity contribution is 6.33. The quantitative estimate of drug-likeness (QED) is 0.114. The molecule has 0 saturated heterocycles. The standard InChI is InChI=1S/C53H76Cl2O6/c1-8-10-26-60-50(58)41-29-36(31-46(54)48(41)56)39(37-30-42(49(57)47(55)32-37)51(59)61-27-11-9-2)17-13-16-35-22-24-52(6)38(28-35)18-19-40-44-21-20-43(34(5)15-12-14-33(3)4)53(44,7)25-23-45(40)52/h17,29-35,38,40,43-45,56-57H,8-16,18-28H2,1-7H3/t34-,35?,38?,40+,43-,44+,45+,52+,53-/m1/s1. The molecule has 338 valence electrons. The van der Waals surface area contributed by atoms with Crippen LogP contribution < -0.4 is 0 Å². The normalized spacial score (nSPS) is 28.7. The Morgan fingerprint density at radius 3 is 1.90 bits per heavy atom. The first-order valence-corrected chi connectivity index (χ1v) is 25.0. The van der Waals surface area contributed by atoms with Crippen molar-refractivity contribution in [3.63, 3.8) is 0 Å². The molecule has 0 bridgehead atoms. The third kappa shape index (κ3) is 10.5. The summed E-state index contributed by atoms with van der Waals surface area (Å²) in [5, 5.41) is 21.8. The molecule has 2 aromatic rings. The van der Waals surface area contributed by atoms with E-state index in [-0.39, 0.29) is 45.9 Å². The van der Waals surface area contributed by atoms with Crippen LogP contribution in [0.3, 0.4) is 0 Å². The molecule has 0 spiro atoms. The minimum absolute atomic E-state index is 0.0180. The van der Waals surface area contributed by atoms with E-state index in [1.54, 1.807) is 24.3 Å². The van der Waals surface area contributed by atoms with Crippen molar-refractivity contribution in [3.05, 3.63) is 62.6 Å². The second-order valence-electron chi connectivity index (χ2n) is 20.7. The second-order valence-corrected chi connectivity index (χ2v) is 21.5. The summed E-state index contributed by atoms with van der Waals surface area (Å²) < 4.78 is 11.0. The predicted molar refractivity (Wildman–Crippen MR) is 249 cm³/mol. The number of hydrogen-bond donors (Lipinski definition) is 2. The van der Waals surface area contributed by atoms with Crippen LogP contribution in [0.15, 0.2) is 30.3 Å². The van der Waals surface area contributed by atoms with Gasteiger partial charge in [0.1, 0.15) is 22.6 Å². The predicted octanol–water partition coefficient (Wildman–Crippen LogP) is 15.3. The van der Waals surface area contributed by atoms with Crippen molar-refractivity contribution in [1.29, 1.82) is 0 Å². The van der Waals surface area contributed by atoms with Crippen molar-refractivity contribution >= 4 is 40.7 Å². The minimum atomic E-state index is -0.653. The van der Waals surface area contributed by atoms with Gasteiger partial charge >= 0.3 is 11.9 Å². The third-order valence-corrected chi connectivity index (χ3v) is 17.1. The average Bonchev–Trinajstić information content (AvgIpc) is 3.59. The van der Waals surface area contributed by atoms with Gasteiger partial charge in [0, 0.05) is 0 Å². The zero-order valence-electron chi connectivity index (χ0n) is 38.4. The number of benzene rings is 2. The van der Waals surface area contributed by atoms with Crippen LogP contribution >= 0.6 is 23.2 Å². The molecule has 6 rings (SSSR count). The number of esters is 2. The van der Waals surface area contributed by atoms with Crippen LogP contribution in [0, 0.1) is 58.2 Å². The number of fused-ring (bicyclic) bond motifs is 5. The Kier molecular flexibility index (Phi) is 16.3. The van der Waals surface area contributed by atoms with Gasteiger partial charge in [-0.3, -0.25) is 0 Å². The number of aromatic hydroxyl groups is 2. The topological polar surface area (TPSA) is 93.1 Å². The molecule has 2 unspecified atom stereocenters. The lowest BCUT2D eigenvalue weighted by Crippen LogP contribution is -2.53. The van der Waals surface area contributed by atoms with Crippen LogP contribution in [0.25, 0.3) is 5.57 Å². The van der Waals surface area contributed by atoms with Crippen LogP contribution in [0.2, 0.25) is 10.0 Å². The Balaban J connectivity index is 1.20. The Morgan fingerprint density at radius 2 is 1.33 bits per heavy atom. The zero-order valence-corrected chi connectivity index (χ0v) is 39.9. The number of ether oxygens (including phenoxy) is 2. The number of halogens is 2. The van der Waals surface area contributed by atoms with E-state index in [2.05, 4.69) is 40.7 Å². The molecule has 8 heteroatoms. The van der Waals surface area contributed by atoms with E-state index in [1.807, 2.05) is 13.8 Å². The molecule has 4 saturated carbocycles. The third-order valence-electron chi connectivity index (χ3n) is 16.5. The van der Waals surface area contributed by atoms with Crippen LogP contribution in [-0.2, 0) is 9.47 Å². The van der Waals surface area contributed by atoms with E-state index in [0.29, 0.717) is 46.3 Å². The lowest BCUT2D eigenvalue weighted by Gasteiger charge is -2.61. The summed E-state index contributed by atoms with van der Waals surface area (Å²) in [4.78, 5) is 26.4. The van der Waals surface area contributed by atoms with Gasteiger partial charge in [0.25, 0.3) is 0 Å². The molecule has 2 N–H and O–H groups in total. The molecule has 0 amide bonds. The summed E-state index contributed by atoms with van der Waals surface area (Å²) in [6, 6.07) is 6.46. The second kappa shape index (κ2) is 20.9. The number of rotatable bonds is 18. The first-order valence-electron chi connectivity index (χ1n) is 24.2. The molecule has 2 aromatic carbocycles. The van der Waals surface area contributed by atoms with Gasteiger partial charge in [0.2, 0.25) is 0 Å². The minimum Gasteiger partial charge on any atom is -0.505 e. The summed E-state index contributed by atoms with van der Waals surface area (Å²) in [6.07, 6.45) is 23.4. The molecule has 6 nitrogen and oxygen atoms in total. The number of unbranched alkanes of at least 4 members (excludes halogenated alkanes) is 2. The molecule has 4 aliphatic carbocycles. The molecule has 0 radical (unpaired) electrons. The molecule has 61 heavy (non-hydrogen) atoms. The van der Waals surface area contributed by atoms with Gasteiger partial charge in [0.05, 0.1) is 23.3 Å². The van der Waals surface area contributed by atoms with E-state index >= 15 is 0 Å². The van der Waals surface area contributed by atoms with Gasteiger partial charge in [-0.15, -0.1) is 0 Å². The van der Waals surface area contributed by atoms with Crippen molar-refractivity contribution < 1.29 is 29.3 Å². The average molecular weight is 880 g/mol. The monoisotopic (exact) mass is 879 g/mol. The highest BCUT2D eigenvalue weighted by Gasteiger charge is 2.60. The number of hydrogen-bond acceptors (Lipinski definition) is 6. The largest absolute Gasteiger partial charge is 0.505 e. The van der Waals surface area contributed by atoms with Gasteiger partial charge < -0.3 is 19.7 Å². The summed E-state index contributed by atoms with van der Waals surface area (Å²) >= 11 is 13.2. The highest BCUT2D eigenvalue weighted by atomic mass is 35.5. The van der Waals surface area contributed by atoms with Crippen molar-refractivity contribution in [1.82, 2.24) is 0 Å². The van der Waals surface area contributed by atoms with Gasteiger partial charge in [-0.2, -0.15) is 0 Å². The van der Waals surface area contributed by atoms with Crippen LogP contribution in [0.1, 0.15) is 196 Å². The fraction of sp³-hybridized carbons (Fsp3) is 0.698. The maximum absolute atomic E-state index is 13.2. The van der Waals surface area contributed by atoms with Gasteiger partial charge in [-0.05, 0) is 183 Å². The number of carbonyl (C=O) groups excluding carboxylic acids is 2. The van der Waals surface area contributed by atoms with E-state index in [0.717, 1.165) is 67.1 Å². The molecule has 0 aromatic heterocycles. The van der Waals surface area contributed by atoms with E-state index in [9.17, 15) is 19.8 Å². The van der Waals surface area contributed by atoms with E-state index in [1.165, 1.54) is 77.0 Å². The highest BCUT2D eigenvalue weighted by Crippen LogP contribution is 2.69. The number of phenolic OH excluding ortho intramolecular Hbond substituents is 2. The number of allylic oxidation sites excluding steroid dienone is 1. The van der Waals surface area contributed by atoms with Crippen molar-refractivity contribution in [2.75, 3.05) is 13.2 Å². The van der Waals surface area contributed by atoms with E-state index < -0.39 is 11.9 Å². The zero-order chi connectivity index (χ0) is 44.1. The first-order chi connectivity index (χ1) is 29.1. The van der Waals surface area contributed by atoms with Gasteiger partial charge in [-0.25, -0.2) is 9.59 Å². The lowest BCUT2D eigenvalue weighted by atomic mass is 9.44. The smallest absolute Gasteiger partial charge is 0.341 e. The molecule has 0 aliphatic heterocycles. The fourth-order valence-electron chi connectivity index (χ4n) is 13.1. The van der Waals surface area contributed by atoms with Gasteiger partial charge in [0.15, 0.2) is 0 Å². The molecular formula is C53H76Cl2O6. The van der Waals surface area contributed by atoms with Crippen LogP contribution in [0.5, 0.6) is 11.5 Å². The van der Waals surface area contributed by atoms with Crippen LogP contribution in [-0.4, -0.2) is 35.4 Å². The SMILES string of the molecule is CCCCOC(=O)c1cc(C(=CCCC2CC[C@@]3(C)C(CC[C@H]4[C@@H]5CC[C@H]([C@H](C)CCCC(C)C)[C@@]5(C)CC[C@@H]43)C2)c2cc(Cl)c(O)c(C(=O)OCCCC)c2)cc(Cl)c1O. The summed E-state index contributed by atoms with van der Waals surface area (Å²) in [7, 11) is 0. The molecule has 0 heterocycles. The maximum atomic E-state index is 13.2. The Hall–Kier alpha value is -2.70. The fourth-order valence-corrected chi connectivity index (χ4v) is 13.5. The molecule has 4 fully saturated rings. The maximum Gasteiger partial charge on any atom is 0.341 e. The van der Waals surface area contributed by atoms with E-state index in [4.69, 9.17) is 32.7 Å². The Morgan fingerprint density at radius 1 is 0.754 bits per heavy atom. The molecule has 9 atom stereocenters. The number of carbonyl (C=O) groups is 2. The Bertz CT molecular complexity index is 1790. The van der Waals surface area contributed by atoms with Crippen molar-refractivity contribution in [3.8, 4) is 11.5 Å². The lowest BCUT2D eigenvalue weighted by molar-refractivity contribution is -0.121. The van der Waals surface area contributed by atoms with Crippen molar-refractivity contribution in [2.24, 2.45) is 58.2 Å². The number of phenols is 2. The molecular weight excluding hydrogens is 803 g/mol. The first kappa shape index (κ1) is 47.8. The summed E-state index contributed by atoms with van der Waals surface area (Å²) in [5.41, 5.74) is 2.73. The molecule has 4 aliphatic rings. The van der Waals surface area contributed by atoms with Crippen LogP contribution in [0.4, 0.5) is 0 Å². The van der Waals surface area contributed by atoms with Crippen molar-refractivity contribution in [2.45, 2.75) is 164 Å². The summed E-state index contributed by atoms with van der Waals surface area (Å²) in [5.74, 6) is 4.51. The summed E-state index contributed by atoms with van der Waals surface area (Å²) in [6.45, 7) is 17.2.